The zero-order chi connectivity index (χ0) is 15.2. The molecule has 0 aliphatic heterocycles. The number of hydrogen-bond donors (Lipinski definition) is 1. The smallest absolute Gasteiger partial charge is 0.254 e. The summed E-state index contributed by atoms with van der Waals surface area (Å²) in [6.07, 6.45) is 0. The van der Waals surface area contributed by atoms with Crippen LogP contribution in [-0.2, 0) is 13.1 Å². The van der Waals surface area contributed by atoms with Crippen molar-refractivity contribution in [3.8, 4) is 0 Å². The van der Waals surface area contributed by atoms with Gasteiger partial charge in [0, 0.05) is 25.2 Å². The largest absolute Gasteiger partial charge is 0.335 e. The highest BCUT2D eigenvalue weighted by atomic mass is 35.5. The van der Waals surface area contributed by atoms with Crippen LogP contribution < -0.4 is 5.73 Å². The van der Waals surface area contributed by atoms with Gasteiger partial charge >= 0.3 is 0 Å². The molecular weight excluding hydrogens is 296 g/mol. The van der Waals surface area contributed by atoms with E-state index in [0.717, 1.165) is 5.56 Å². The lowest BCUT2D eigenvalue weighted by atomic mass is 10.1. The second-order valence-electron chi connectivity index (χ2n) is 5.15. The monoisotopic (exact) mass is 318 g/mol. The first-order valence-electron chi connectivity index (χ1n) is 7.28. The standard InChI is InChI=1S/C18H22N2O.ClH/c1-3-20(13-17-7-5-4-6-14(17)2)18(21)16-10-8-15(12-19)9-11-16;/h4-11H,3,12-13,19H2,1-2H3;1H. The highest BCUT2D eigenvalue weighted by Crippen LogP contribution is 2.14. The van der Waals surface area contributed by atoms with Gasteiger partial charge in [-0.05, 0) is 42.7 Å². The predicted octanol–water partition coefficient (Wildman–Crippen LogP) is 3.54. The Kier molecular flexibility index (Phi) is 7.09. The molecule has 0 aromatic heterocycles. The molecule has 0 spiro atoms. The molecule has 0 fully saturated rings. The molecule has 1 amide bonds. The number of carbonyl (C=O) groups is 1. The molecule has 2 aromatic carbocycles. The van der Waals surface area contributed by atoms with Crippen molar-refractivity contribution < 1.29 is 4.79 Å². The molecule has 0 atom stereocenters. The number of carbonyl (C=O) groups excluding carboxylic acids is 1. The minimum atomic E-state index is 0. The second kappa shape index (κ2) is 8.57. The topological polar surface area (TPSA) is 46.3 Å². The van der Waals surface area contributed by atoms with Gasteiger partial charge in [0.2, 0.25) is 0 Å². The van der Waals surface area contributed by atoms with Crippen molar-refractivity contribution in [1.29, 1.82) is 0 Å². The SMILES string of the molecule is CCN(Cc1ccccc1C)C(=O)c1ccc(CN)cc1.Cl. The third kappa shape index (κ3) is 4.33. The van der Waals surface area contributed by atoms with Crippen LogP contribution in [0.3, 0.4) is 0 Å². The number of amides is 1. The summed E-state index contributed by atoms with van der Waals surface area (Å²) in [5.74, 6) is 0.0596. The number of hydrogen-bond acceptors (Lipinski definition) is 2. The highest BCUT2D eigenvalue weighted by Gasteiger charge is 2.15. The van der Waals surface area contributed by atoms with E-state index in [1.165, 1.54) is 11.1 Å². The molecule has 0 heterocycles. The molecule has 3 nitrogen and oxygen atoms in total. The molecule has 118 valence electrons. The van der Waals surface area contributed by atoms with Gasteiger partial charge in [-0.15, -0.1) is 12.4 Å². The molecule has 2 aromatic rings. The molecule has 2 N–H and O–H groups in total. The predicted molar refractivity (Wildman–Crippen MR) is 93.2 cm³/mol. The van der Waals surface area contributed by atoms with E-state index in [1.807, 2.05) is 48.2 Å². The van der Waals surface area contributed by atoms with E-state index in [2.05, 4.69) is 19.1 Å². The molecule has 2 rings (SSSR count). The van der Waals surface area contributed by atoms with Gasteiger partial charge < -0.3 is 10.6 Å². The fraction of sp³-hybridized carbons (Fsp3) is 0.278. The van der Waals surface area contributed by atoms with Crippen molar-refractivity contribution in [3.63, 3.8) is 0 Å². The van der Waals surface area contributed by atoms with E-state index in [9.17, 15) is 4.79 Å². The van der Waals surface area contributed by atoms with Crippen molar-refractivity contribution in [2.75, 3.05) is 6.54 Å². The molecule has 0 saturated heterocycles. The van der Waals surface area contributed by atoms with E-state index >= 15 is 0 Å². The lowest BCUT2D eigenvalue weighted by Gasteiger charge is -2.22. The Labute approximate surface area is 138 Å². The Morgan fingerprint density at radius 1 is 1.09 bits per heavy atom. The summed E-state index contributed by atoms with van der Waals surface area (Å²) in [6.45, 7) is 5.90. The van der Waals surface area contributed by atoms with Crippen molar-refractivity contribution in [3.05, 3.63) is 70.8 Å². The van der Waals surface area contributed by atoms with Crippen molar-refractivity contribution in [2.45, 2.75) is 26.9 Å². The number of nitrogens with two attached hydrogens (primary N) is 1. The summed E-state index contributed by atoms with van der Waals surface area (Å²) in [6, 6.07) is 15.7. The van der Waals surface area contributed by atoms with Crippen LogP contribution in [0.1, 0.15) is 34.0 Å². The molecule has 4 heteroatoms. The molecular formula is C18H23ClN2O. The number of nitrogens with zero attached hydrogens (tertiary/aromatic N) is 1. The highest BCUT2D eigenvalue weighted by molar-refractivity contribution is 5.94. The molecule has 0 aliphatic carbocycles. The first-order valence-corrected chi connectivity index (χ1v) is 7.28. The average molecular weight is 319 g/mol. The first kappa shape index (κ1) is 18.2. The van der Waals surface area contributed by atoms with Gasteiger partial charge in [0.1, 0.15) is 0 Å². The summed E-state index contributed by atoms with van der Waals surface area (Å²) < 4.78 is 0. The van der Waals surface area contributed by atoms with Gasteiger partial charge in [-0.2, -0.15) is 0 Å². The number of rotatable bonds is 5. The van der Waals surface area contributed by atoms with E-state index in [-0.39, 0.29) is 18.3 Å². The van der Waals surface area contributed by atoms with E-state index in [1.54, 1.807) is 0 Å². The Morgan fingerprint density at radius 2 is 1.73 bits per heavy atom. The minimum absolute atomic E-state index is 0. The van der Waals surface area contributed by atoms with Crippen LogP contribution in [0.25, 0.3) is 0 Å². The Balaban J connectivity index is 0.00000242. The van der Waals surface area contributed by atoms with Crippen LogP contribution >= 0.6 is 12.4 Å². The van der Waals surface area contributed by atoms with E-state index < -0.39 is 0 Å². The number of halogens is 1. The van der Waals surface area contributed by atoms with Gasteiger partial charge in [0.05, 0.1) is 0 Å². The summed E-state index contributed by atoms with van der Waals surface area (Å²) >= 11 is 0. The fourth-order valence-electron chi connectivity index (χ4n) is 2.29. The van der Waals surface area contributed by atoms with Gasteiger partial charge in [0.25, 0.3) is 5.91 Å². The molecule has 0 unspecified atom stereocenters. The van der Waals surface area contributed by atoms with Gasteiger partial charge in [-0.25, -0.2) is 0 Å². The number of benzene rings is 2. The zero-order valence-corrected chi connectivity index (χ0v) is 13.9. The molecule has 0 aliphatic rings. The second-order valence-corrected chi connectivity index (χ2v) is 5.15. The van der Waals surface area contributed by atoms with Gasteiger partial charge in [0.15, 0.2) is 0 Å². The van der Waals surface area contributed by atoms with Crippen LogP contribution in [0, 0.1) is 6.92 Å². The summed E-state index contributed by atoms with van der Waals surface area (Å²) in [5, 5.41) is 0. The lowest BCUT2D eigenvalue weighted by molar-refractivity contribution is 0.0752. The summed E-state index contributed by atoms with van der Waals surface area (Å²) in [5.41, 5.74) is 9.73. The molecule has 22 heavy (non-hydrogen) atoms. The fourth-order valence-corrected chi connectivity index (χ4v) is 2.29. The maximum Gasteiger partial charge on any atom is 0.254 e. The van der Waals surface area contributed by atoms with Crippen LogP contribution in [0.2, 0.25) is 0 Å². The van der Waals surface area contributed by atoms with Crippen LogP contribution in [-0.4, -0.2) is 17.4 Å². The number of aryl methyl sites for hydroxylation is 1. The third-order valence-corrected chi connectivity index (χ3v) is 3.73. The first-order chi connectivity index (χ1) is 10.2. The van der Waals surface area contributed by atoms with Gasteiger partial charge in [-0.3, -0.25) is 4.79 Å². The Morgan fingerprint density at radius 3 is 2.27 bits per heavy atom. The zero-order valence-electron chi connectivity index (χ0n) is 13.1. The van der Waals surface area contributed by atoms with E-state index in [4.69, 9.17) is 5.73 Å². The molecule has 0 radical (unpaired) electrons. The van der Waals surface area contributed by atoms with Gasteiger partial charge in [-0.1, -0.05) is 36.4 Å². The molecule has 0 bridgehead atoms. The normalized spacial score (nSPS) is 9.95. The van der Waals surface area contributed by atoms with E-state index in [0.29, 0.717) is 25.2 Å². The third-order valence-electron chi connectivity index (χ3n) is 3.73. The van der Waals surface area contributed by atoms with Crippen LogP contribution in [0.15, 0.2) is 48.5 Å². The quantitative estimate of drug-likeness (QED) is 0.916. The van der Waals surface area contributed by atoms with Crippen LogP contribution in [0.4, 0.5) is 0 Å². The maximum atomic E-state index is 12.6. The molecule has 0 saturated carbocycles. The summed E-state index contributed by atoms with van der Waals surface area (Å²) in [7, 11) is 0. The van der Waals surface area contributed by atoms with Crippen LogP contribution in [0.5, 0.6) is 0 Å². The minimum Gasteiger partial charge on any atom is -0.335 e. The Hall–Kier alpha value is -1.84. The van der Waals surface area contributed by atoms with Crippen molar-refractivity contribution in [1.82, 2.24) is 4.90 Å². The van der Waals surface area contributed by atoms with Crippen molar-refractivity contribution in [2.24, 2.45) is 5.73 Å². The average Bonchev–Trinajstić information content (AvgIpc) is 2.53. The lowest BCUT2D eigenvalue weighted by Crippen LogP contribution is -2.30. The Bertz CT molecular complexity index is 611. The van der Waals surface area contributed by atoms with Crippen molar-refractivity contribution >= 4 is 18.3 Å². The summed E-state index contributed by atoms with van der Waals surface area (Å²) in [4.78, 5) is 14.4. The maximum absolute atomic E-state index is 12.6.